The molecule has 30 heavy (non-hydrogen) atoms. The van der Waals surface area contributed by atoms with Crippen molar-refractivity contribution in [3.8, 4) is 11.5 Å². The van der Waals surface area contributed by atoms with Crippen LogP contribution in [0, 0.1) is 0 Å². The van der Waals surface area contributed by atoms with E-state index in [2.05, 4.69) is 83.8 Å². The first-order valence-corrected chi connectivity index (χ1v) is 11.1. The molecule has 1 saturated heterocycles. The summed E-state index contributed by atoms with van der Waals surface area (Å²) in [6.45, 7) is 4.90. The molecule has 2 aliphatic rings. The highest BCUT2D eigenvalue weighted by Gasteiger charge is 2.33. The molecule has 0 spiro atoms. The van der Waals surface area contributed by atoms with Crippen molar-refractivity contribution in [1.29, 1.82) is 0 Å². The van der Waals surface area contributed by atoms with Crippen molar-refractivity contribution in [2.45, 2.75) is 24.7 Å². The summed E-state index contributed by atoms with van der Waals surface area (Å²) in [7, 11) is 0. The quantitative estimate of drug-likeness (QED) is 0.549. The average Bonchev–Trinajstić information content (AvgIpc) is 3.33. The molecule has 0 aliphatic carbocycles. The van der Waals surface area contributed by atoms with Crippen molar-refractivity contribution < 1.29 is 9.47 Å². The molecule has 2 atom stereocenters. The second-order valence-corrected chi connectivity index (χ2v) is 8.31. The van der Waals surface area contributed by atoms with Gasteiger partial charge in [-0.25, -0.2) is 0 Å². The second kappa shape index (κ2) is 8.93. The number of fused-ring (bicyclic) bond motifs is 1. The Morgan fingerprint density at radius 2 is 1.53 bits per heavy atom. The zero-order valence-corrected chi connectivity index (χ0v) is 17.4. The van der Waals surface area contributed by atoms with Crippen molar-refractivity contribution in [3.63, 3.8) is 0 Å². The number of likely N-dealkylation sites (tertiary alicyclic amines) is 1. The van der Waals surface area contributed by atoms with Crippen molar-refractivity contribution in [3.05, 3.63) is 95.6 Å². The number of benzene rings is 3. The highest BCUT2D eigenvalue weighted by molar-refractivity contribution is 5.48. The van der Waals surface area contributed by atoms with E-state index >= 15 is 0 Å². The van der Waals surface area contributed by atoms with Gasteiger partial charge in [-0.05, 0) is 55.3 Å². The Morgan fingerprint density at radius 3 is 2.33 bits per heavy atom. The van der Waals surface area contributed by atoms with Gasteiger partial charge in [0.2, 0.25) is 0 Å². The van der Waals surface area contributed by atoms with E-state index < -0.39 is 0 Å². The van der Waals surface area contributed by atoms with Crippen LogP contribution < -0.4 is 9.47 Å². The third-order valence-electron chi connectivity index (χ3n) is 6.42. The average molecular weight is 400 g/mol. The van der Waals surface area contributed by atoms with E-state index in [0.29, 0.717) is 12.5 Å². The van der Waals surface area contributed by atoms with Gasteiger partial charge in [-0.2, -0.15) is 0 Å². The minimum atomic E-state index is 0.274. The van der Waals surface area contributed by atoms with E-state index in [9.17, 15) is 0 Å². The molecule has 0 amide bonds. The molecular formula is C27H29NO2. The number of hydrogen-bond donors (Lipinski definition) is 0. The van der Waals surface area contributed by atoms with E-state index in [1.54, 1.807) is 0 Å². The molecule has 0 bridgehead atoms. The Balaban J connectivity index is 1.37. The van der Waals surface area contributed by atoms with E-state index in [1.807, 2.05) is 0 Å². The summed E-state index contributed by atoms with van der Waals surface area (Å²) in [4.78, 5) is 2.48. The largest absolute Gasteiger partial charge is 0.493 e. The predicted octanol–water partition coefficient (Wildman–Crippen LogP) is 5.47. The molecule has 5 rings (SSSR count). The molecule has 0 radical (unpaired) electrons. The van der Waals surface area contributed by atoms with Crippen LogP contribution in [0.15, 0.2) is 78.9 Å². The lowest BCUT2D eigenvalue weighted by Gasteiger charge is -2.34. The number of nitrogens with zero attached hydrogens (tertiary/aromatic N) is 1. The summed E-state index contributed by atoms with van der Waals surface area (Å²) in [6.07, 6.45) is 2.65. The summed E-state index contributed by atoms with van der Waals surface area (Å²) in [6, 6.07) is 27.9. The Labute approximate surface area is 179 Å². The molecule has 3 nitrogen and oxygen atoms in total. The molecule has 1 fully saturated rings. The van der Waals surface area contributed by atoms with E-state index in [0.717, 1.165) is 24.7 Å². The van der Waals surface area contributed by atoms with Gasteiger partial charge in [-0.3, -0.25) is 4.90 Å². The molecular weight excluding hydrogens is 370 g/mol. The van der Waals surface area contributed by atoms with Gasteiger partial charge in [0.05, 0.1) is 6.61 Å². The first-order valence-electron chi connectivity index (χ1n) is 11.1. The highest BCUT2D eigenvalue weighted by atomic mass is 16.5. The molecule has 2 heterocycles. The van der Waals surface area contributed by atoms with Gasteiger partial charge >= 0.3 is 0 Å². The smallest absolute Gasteiger partial charge is 0.123 e. The normalized spacial score (nSPS) is 21.1. The van der Waals surface area contributed by atoms with Crippen LogP contribution in [0.3, 0.4) is 0 Å². The summed E-state index contributed by atoms with van der Waals surface area (Å²) < 4.78 is 12.2. The van der Waals surface area contributed by atoms with Gasteiger partial charge in [0.15, 0.2) is 0 Å². The Bertz CT molecular complexity index is 948. The zero-order chi connectivity index (χ0) is 20.2. The van der Waals surface area contributed by atoms with Crippen LogP contribution >= 0.6 is 0 Å². The van der Waals surface area contributed by atoms with Crippen LogP contribution in [-0.4, -0.2) is 37.7 Å². The number of para-hydroxylation sites is 1. The molecule has 0 aromatic heterocycles. The lowest BCUT2D eigenvalue weighted by molar-refractivity contribution is 0.237. The van der Waals surface area contributed by atoms with Gasteiger partial charge in [0.25, 0.3) is 0 Å². The minimum absolute atomic E-state index is 0.274. The number of hydrogen-bond acceptors (Lipinski definition) is 3. The van der Waals surface area contributed by atoms with Gasteiger partial charge in [0, 0.05) is 23.9 Å². The minimum Gasteiger partial charge on any atom is -0.493 e. The third kappa shape index (κ3) is 4.08. The van der Waals surface area contributed by atoms with E-state index in [4.69, 9.17) is 9.47 Å². The van der Waals surface area contributed by atoms with Crippen molar-refractivity contribution in [2.75, 3.05) is 32.8 Å². The summed E-state index contributed by atoms with van der Waals surface area (Å²) >= 11 is 0. The lowest BCUT2D eigenvalue weighted by Crippen LogP contribution is -2.25. The molecule has 154 valence electrons. The maximum atomic E-state index is 6.14. The fraction of sp³-hybridized carbons (Fsp3) is 0.333. The number of rotatable bonds is 6. The molecule has 3 aromatic carbocycles. The van der Waals surface area contributed by atoms with Gasteiger partial charge in [0.1, 0.15) is 18.1 Å². The maximum absolute atomic E-state index is 6.14. The van der Waals surface area contributed by atoms with Crippen LogP contribution in [-0.2, 0) is 0 Å². The fourth-order valence-corrected chi connectivity index (χ4v) is 4.83. The van der Waals surface area contributed by atoms with Crippen molar-refractivity contribution in [1.82, 2.24) is 4.90 Å². The predicted molar refractivity (Wildman–Crippen MR) is 121 cm³/mol. The van der Waals surface area contributed by atoms with Crippen LogP contribution in [0.2, 0.25) is 0 Å². The third-order valence-corrected chi connectivity index (χ3v) is 6.42. The SMILES string of the molecule is c1ccc(C2COc3ccccc3C2c2ccc(OCCN3CCCC3)cc2)cc1. The van der Waals surface area contributed by atoms with Crippen LogP contribution in [0.25, 0.3) is 0 Å². The molecule has 2 aliphatic heterocycles. The first-order chi connectivity index (χ1) is 14.9. The maximum Gasteiger partial charge on any atom is 0.123 e. The number of ether oxygens (including phenoxy) is 2. The molecule has 3 heteroatoms. The van der Waals surface area contributed by atoms with Crippen molar-refractivity contribution >= 4 is 0 Å². The molecule has 0 saturated carbocycles. The van der Waals surface area contributed by atoms with Gasteiger partial charge in [-0.15, -0.1) is 0 Å². The lowest BCUT2D eigenvalue weighted by atomic mass is 9.76. The van der Waals surface area contributed by atoms with E-state index in [-0.39, 0.29) is 5.92 Å². The molecule has 2 unspecified atom stereocenters. The first kappa shape index (κ1) is 19.2. The molecule has 3 aromatic rings. The van der Waals surface area contributed by atoms with Crippen LogP contribution in [0.1, 0.15) is 41.4 Å². The van der Waals surface area contributed by atoms with E-state index in [1.165, 1.54) is 42.6 Å². The fourth-order valence-electron chi connectivity index (χ4n) is 4.83. The monoisotopic (exact) mass is 399 g/mol. The second-order valence-electron chi connectivity index (χ2n) is 8.31. The van der Waals surface area contributed by atoms with Crippen molar-refractivity contribution in [2.24, 2.45) is 0 Å². The van der Waals surface area contributed by atoms with Gasteiger partial charge in [-0.1, -0.05) is 60.7 Å². The Kier molecular flexibility index (Phi) is 5.71. The Hall–Kier alpha value is -2.78. The zero-order valence-electron chi connectivity index (χ0n) is 17.4. The van der Waals surface area contributed by atoms with Crippen LogP contribution in [0.4, 0.5) is 0 Å². The molecule has 0 N–H and O–H groups in total. The summed E-state index contributed by atoms with van der Waals surface area (Å²) in [5, 5.41) is 0. The van der Waals surface area contributed by atoms with Crippen LogP contribution in [0.5, 0.6) is 11.5 Å². The topological polar surface area (TPSA) is 21.7 Å². The standard InChI is InChI=1S/C27H29NO2/c1-2-8-21(9-3-1)25-20-30-26-11-5-4-10-24(26)27(25)22-12-14-23(15-13-22)29-19-18-28-16-6-7-17-28/h1-5,8-15,25,27H,6-7,16-20H2. The Morgan fingerprint density at radius 1 is 0.800 bits per heavy atom. The summed E-state index contributed by atoms with van der Waals surface area (Å²) in [5.74, 6) is 2.52. The summed E-state index contributed by atoms with van der Waals surface area (Å²) in [5.41, 5.74) is 3.90. The highest BCUT2D eigenvalue weighted by Crippen LogP contribution is 2.46. The van der Waals surface area contributed by atoms with Gasteiger partial charge < -0.3 is 9.47 Å².